The van der Waals surface area contributed by atoms with Gasteiger partial charge in [-0.3, -0.25) is 19.4 Å². The zero-order valence-corrected chi connectivity index (χ0v) is 20.8. The maximum Gasteiger partial charge on any atom is 0.303 e. The van der Waals surface area contributed by atoms with Crippen molar-refractivity contribution in [2.24, 2.45) is 0 Å². The Hall–Kier alpha value is -4.52. The minimum Gasteiger partial charge on any atom is -0.491 e. The number of hydrogen-bond donors (Lipinski definition) is 1. The van der Waals surface area contributed by atoms with E-state index in [1.54, 1.807) is 12.4 Å². The molecule has 2 aromatic heterocycles. The summed E-state index contributed by atoms with van der Waals surface area (Å²) in [7, 11) is 0. The highest BCUT2D eigenvalue weighted by Gasteiger charge is 2.13. The molecule has 3 aromatic carbocycles. The molecule has 0 aliphatic rings. The van der Waals surface area contributed by atoms with E-state index in [1.807, 2.05) is 54.9 Å². The Kier molecular flexibility index (Phi) is 6.94. The van der Waals surface area contributed by atoms with Crippen LogP contribution in [-0.2, 0) is 11.3 Å². The van der Waals surface area contributed by atoms with E-state index in [-0.39, 0.29) is 12.5 Å². The molecule has 1 N–H and O–H groups in total. The van der Waals surface area contributed by atoms with Crippen LogP contribution in [0.25, 0.3) is 44.7 Å². The molecule has 0 aliphatic heterocycles. The van der Waals surface area contributed by atoms with Crippen molar-refractivity contribution in [2.45, 2.75) is 39.3 Å². The molecule has 186 valence electrons. The summed E-state index contributed by atoms with van der Waals surface area (Å²) >= 11 is 0. The lowest BCUT2D eigenvalue weighted by molar-refractivity contribution is -0.137. The fourth-order valence-corrected chi connectivity index (χ4v) is 4.29. The number of fused-ring (bicyclic) bond motifs is 1. The highest BCUT2D eigenvalue weighted by atomic mass is 16.5. The van der Waals surface area contributed by atoms with Gasteiger partial charge in [0.1, 0.15) is 5.75 Å². The van der Waals surface area contributed by atoms with E-state index < -0.39 is 5.97 Å². The number of aliphatic carboxylic acids is 1. The lowest BCUT2D eigenvalue weighted by Gasteiger charge is -2.10. The van der Waals surface area contributed by atoms with Gasteiger partial charge in [-0.25, -0.2) is 0 Å². The molecule has 0 aliphatic carbocycles. The van der Waals surface area contributed by atoms with Crippen LogP contribution in [0.3, 0.4) is 0 Å². The van der Waals surface area contributed by atoms with Gasteiger partial charge in [0, 0.05) is 36.5 Å². The molecule has 37 heavy (non-hydrogen) atoms. The largest absolute Gasteiger partial charge is 0.491 e. The van der Waals surface area contributed by atoms with E-state index in [0.29, 0.717) is 13.0 Å². The highest BCUT2D eigenvalue weighted by molar-refractivity contribution is 5.81. The molecule has 0 saturated heterocycles. The molecule has 0 fully saturated rings. The van der Waals surface area contributed by atoms with Gasteiger partial charge in [0.2, 0.25) is 0 Å². The number of ether oxygens (including phenoxy) is 1. The normalized spacial score (nSPS) is 11.2. The van der Waals surface area contributed by atoms with Crippen LogP contribution in [0.2, 0.25) is 0 Å². The summed E-state index contributed by atoms with van der Waals surface area (Å²) in [5, 5.41) is 13.9. The molecule has 7 heteroatoms. The van der Waals surface area contributed by atoms with Crippen LogP contribution in [-0.4, -0.2) is 36.9 Å². The van der Waals surface area contributed by atoms with Crippen molar-refractivity contribution in [1.29, 1.82) is 0 Å². The molecule has 5 rings (SSSR count). The molecular weight excluding hydrogens is 464 g/mol. The second-order valence-corrected chi connectivity index (χ2v) is 9.16. The third kappa shape index (κ3) is 5.67. The molecule has 0 bridgehead atoms. The Morgan fingerprint density at radius 2 is 1.46 bits per heavy atom. The fourth-order valence-electron chi connectivity index (χ4n) is 4.29. The van der Waals surface area contributed by atoms with Crippen LogP contribution in [0.4, 0.5) is 0 Å². The standard InChI is InChI=1S/C30H28N4O3/c1-20(2)37-25-12-9-22(10-13-25)21-5-7-23(8-6-21)27-19-29(34(33-27)17-3-4-30(35)36)24-11-14-26-28(18-24)32-16-15-31-26/h5-16,18-20H,3-4,17H2,1-2H3,(H,35,36). The van der Waals surface area contributed by atoms with Crippen molar-refractivity contribution in [2.75, 3.05) is 0 Å². The smallest absolute Gasteiger partial charge is 0.303 e. The highest BCUT2D eigenvalue weighted by Crippen LogP contribution is 2.30. The summed E-state index contributed by atoms with van der Waals surface area (Å²) in [5.74, 6) is 0.0466. The quantitative estimate of drug-likeness (QED) is 0.253. The van der Waals surface area contributed by atoms with Gasteiger partial charge in [0.25, 0.3) is 0 Å². The molecule has 5 aromatic rings. The molecule has 0 atom stereocenters. The molecule has 2 heterocycles. The van der Waals surface area contributed by atoms with Crippen molar-refractivity contribution in [3.05, 3.63) is 85.2 Å². The van der Waals surface area contributed by atoms with E-state index in [9.17, 15) is 4.79 Å². The number of rotatable bonds is 9. The third-order valence-corrected chi connectivity index (χ3v) is 6.05. The number of benzene rings is 3. The zero-order chi connectivity index (χ0) is 25.8. The Morgan fingerprint density at radius 3 is 2.14 bits per heavy atom. The van der Waals surface area contributed by atoms with Crippen molar-refractivity contribution >= 4 is 17.0 Å². The van der Waals surface area contributed by atoms with E-state index in [0.717, 1.165) is 50.4 Å². The topological polar surface area (TPSA) is 90.1 Å². The zero-order valence-electron chi connectivity index (χ0n) is 20.8. The number of carboxylic acid groups (broad SMARTS) is 1. The predicted molar refractivity (Wildman–Crippen MR) is 144 cm³/mol. The fraction of sp³-hybridized carbons (Fsp3) is 0.200. The third-order valence-electron chi connectivity index (χ3n) is 6.05. The lowest BCUT2D eigenvalue weighted by Crippen LogP contribution is -2.05. The van der Waals surface area contributed by atoms with Gasteiger partial charge in [-0.2, -0.15) is 5.10 Å². The summed E-state index contributed by atoms with van der Waals surface area (Å²) in [6.07, 6.45) is 4.07. The van der Waals surface area contributed by atoms with Crippen LogP contribution in [0.1, 0.15) is 26.7 Å². The minimum absolute atomic E-state index is 0.0908. The number of hydrogen-bond acceptors (Lipinski definition) is 5. The van der Waals surface area contributed by atoms with Crippen molar-refractivity contribution < 1.29 is 14.6 Å². The number of aryl methyl sites for hydroxylation is 1. The number of aromatic nitrogens is 4. The van der Waals surface area contributed by atoms with Crippen LogP contribution in [0.5, 0.6) is 5.75 Å². The first-order chi connectivity index (χ1) is 18.0. The lowest BCUT2D eigenvalue weighted by atomic mass is 10.0. The molecule has 0 unspecified atom stereocenters. The van der Waals surface area contributed by atoms with Crippen LogP contribution in [0.15, 0.2) is 85.2 Å². The predicted octanol–water partition coefficient (Wildman–Crippen LogP) is 6.48. The SMILES string of the molecule is CC(C)Oc1ccc(-c2ccc(-c3cc(-c4ccc5nccnc5c4)n(CCCC(=O)O)n3)cc2)cc1. The molecule has 0 spiro atoms. The Labute approximate surface area is 215 Å². The molecular formula is C30H28N4O3. The molecule has 0 saturated carbocycles. The van der Waals surface area contributed by atoms with Gasteiger partial charge < -0.3 is 9.84 Å². The average Bonchev–Trinajstić information content (AvgIpc) is 3.32. The van der Waals surface area contributed by atoms with Crippen LogP contribution in [0, 0.1) is 0 Å². The minimum atomic E-state index is -0.811. The Bertz CT molecular complexity index is 1520. The summed E-state index contributed by atoms with van der Waals surface area (Å²) in [6, 6.07) is 24.4. The van der Waals surface area contributed by atoms with Crippen molar-refractivity contribution in [3.63, 3.8) is 0 Å². The van der Waals surface area contributed by atoms with Gasteiger partial charge >= 0.3 is 5.97 Å². The van der Waals surface area contributed by atoms with E-state index in [2.05, 4.69) is 46.4 Å². The molecule has 0 amide bonds. The number of nitrogens with zero attached hydrogens (tertiary/aromatic N) is 4. The first-order valence-corrected chi connectivity index (χ1v) is 12.3. The number of carboxylic acids is 1. The number of carbonyl (C=O) groups is 1. The molecule has 0 radical (unpaired) electrons. The summed E-state index contributed by atoms with van der Waals surface area (Å²) < 4.78 is 7.63. The summed E-state index contributed by atoms with van der Waals surface area (Å²) in [5.41, 5.74) is 7.53. The first-order valence-electron chi connectivity index (χ1n) is 12.3. The van der Waals surface area contributed by atoms with E-state index >= 15 is 0 Å². The second kappa shape index (κ2) is 10.6. The van der Waals surface area contributed by atoms with E-state index in [1.165, 1.54) is 0 Å². The van der Waals surface area contributed by atoms with Crippen LogP contribution >= 0.6 is 0 Å². The van der Waals surface area contributed by atoms with Crippen molar-refractivity contribution in [1.82, 2.24) is 19.7 Å². The van der Waals surface area contributed by atoms with Gasteiger partial charge in [-0.1, -0.05) is 42.5 Å². The monoisotopic (exact) mass is 492 g/mol. The van der Waals surface area contributed by atoms with Gasteiger partial charge in [-0.05, 0) is 61.7 Å². The van der Waals surface area contributed by atoms with Gasteiger partial charge in [0.15, 0.2) is 0 Å². The maximum atomic E-state index is 11.1. The Morgan fingerprint density at radius 1 is 0.838 bits per heavy atom. The average molecular weight is 493 g/mol. The first kappa shape index (κ1) is 24.2. The van der Waals surface area contributed by atoms with Gasteiger partial charge in [0.05, 0.1) is 28.5 Å². The molecule has 7 nitrogen and oxygen atoms in total. The van der Waals surface area contributed by atoms with Crippen molar-refractivity contribution in [3.8, 4) is 39.4 Å². The summed E-state index contributed by atoms with van der Waals surface area (Å²) in [6.45, 7) is 4.53. The van der Waals surface area contributed by atoms with Gasteiger partial charge in [-0.15, -0.1) is 0 Å². The second-order valence-electron chi connectivity index (χ2n) is 9.16. The van der Waals surface area contributed by atoms with Crippen LogP contribution < -0.4 is 4.74 Å². The maximum absolute atomic E-state index is 11.1. The summed E-state index contributed by atoms with van der Waals surface area (Å²) in [4.78, 5) is 19.9. The Balaban J connectivity index is 1.44. The van der Waals surface area contributed by atoms with E-state index in [4.69, 9.17) is 14.9 Å².